The Kier molecular flexibility index (Phi) is 4.26. The van der Waals surface area contributed by atoms with Crippen molar-refractivity contribution in [1.29, 1.82) is 0 Å². The normalized spacial score (nSPS) is 15.5. The molecule has 0 N–H and O–H groups in total. The third-order valence-corrected chi connectivity index (χ3v) is 5.62. The van der Waals surface area contributed by atoms with Crippen molar-refractivity contribution in [1.82, 2.24) is 4.98 Å². The quantitative estimate of drug-likeness (QED) is 0.408. The van der Waals surface area contributed by atoms with E-state index in [9.17, 15) is 9.18 Å². The van der Waals surface area contributed by atoms with E-state index in [-0.39, 0.29) is 16.6 Å². The summed E-state index contributed by atoms with van der Waals surface area (Å²) in [5.74, 6) is 0.0897. The van der Waals surface area contributed by atoms with Gasteiger partial charge in [0.2, 0.25) is 0 Å². The summed E-state index contributed by atoms with van der Waals surface area (Å²) in [4.78, 5) is 23.7. The fourth-order valence-electron chi connectivity index (χ4n) is 2.99. The SMILES string of the molecule is O=C1C(=Cc2ccco2)N=C(c2ccccc2)N1c1nc2cc(Cl)c(F)cc2s1. The topological polar surface area (TPSA) is 58.7 Å². The second-order valence-corrected chi connectivity index (χ2v) is 7.63. The fourth-order valence-corrected chi connectivity index (χ4v) is 4.12. The molecule has 0 aliphatic carbocycles. The molecule has 3 heterocycles. The molecule has 8 heteroatoms. The zero-order valence-electron chi connectivity index (χ0n) is 14.7. The van der Waals surface area contributed by atoms with Gasteiger partial charge in [0.1, 0.15) is 23.1 Å². The van der Waals surface area contributed by atoms with E-state index in [1.54, 1.807) is 18.2 Å². The molecule has 0 radical (unpaired) electrons. The first-order valence-corrected chi connectivity index (χ1v) is 9.79. The Morgan fingerprint density at radius 1 is 1.14 bits per heavy atom. The number of carbonyl (C=O) groups excluding carboxylic acids is 1. The predicted molar refractivity (Wildman–Crippen MR) is 112 cm³/mol. The highest BCUT2D eigenvalue weighted by Gasteiger charge is 2.34. The fraction of sp³-hybridized carbons (Fsp3) is 0. The molecule has 5 rings (SSSR count). The smallest absolute Gasteiger partial charge is 0.284 e. The maximum Gasteiger partial charge on any atom is 0.284 e. The van der Waals surface area contributed by atoms with Crippen molar-refractivity contribution >= 4 is 56.1 Å². The third kappa shape index (κ3) is 3.14. The van der Waals surface area contributed by atoms with Gasteiger partial charge in [-0.05, 0) is 24.3 Å². The molecule has 0 saturated carbocycles. The number of amidine groups is 1. The minimum Gasteiger partial charge on any atom is -0.465 e. The highest BCUT2D eigenvalue weighted by atomic mass is 35.5. The van der Waals surface area contributed by atoms with Crippen LogP contribution in [-0.2, 0) is 4.79 Å². The van der Waals surface area contributed by atoms with E-state index in [1.165, 1.54) is 34.6 Å². The second-order valence-electron chi connectivity index (χ2n) is 6.22. The number of aromatic nitrogens is 1. The molecule has 4 aromatic rings. The van der Waals surface area contributed by atoms with Gasteiger partial charge in [0.25, 0.3) is 5.91 Å². The van der Waals surface area contributed by atoms with Crippen LogP contribution in [0.1, 0.15) is 11.3 Å². The van der Waals surface area contributed by atoms with Crippen LogP contribution in [0, 0.1) is 5.82 Å². The number of anilines is 1. The zero-order valence-corrected chi connectivity index (χ0v) is 16.2. The third-order valence-electron chi connectivity index (χ3n) is 4.33. The van der Waals surface area contributed by atoms with Gasteiger partial charge < -0.3 is 4.42 Å². The Morgan fingerprint density at radius 3 is 2.72 bits per heavy atom. The van der Waals surface area contributed by atoms with Gasteiger partial charge in [0.05, 0.1) is 21.5 Å². The molecule has 5 nitrogen and oxygen atoms in total. The Balaban J connectivity index is 1.66. The van der Waals surface area contributed by atoms with Gasteiger partial charge in [-0.2, -0.15) is 0 Å². The number of hydrogen-bond acceptors (Lipinski definition) is 5. The van der Waals surface area contributed by atoms with Crippen molar-refractivity contribution in [2.24, 2.45) is 4.99 Å². The Morgan fingerprint density at radius 2 is 1.97 bits per heavy atom. The number of furan rings is 1. The van der Waals surface area contributed by atoms with Crippen LogP contribution in [0.4, 0.5) is 9.52 Å². The first-order valence-electron chi connectivity index (χ1n) is 8.59. The summed E-state index contributed by atoms with van der Waals surface area (Å²) in [6, 6.07) is 15.6. The molecule has 2 aromatic heterocycles. The van der Waals surface area contributed by atoms with Gasteiger partial charge in [0, 0.05) is 11.6 Å². The average Bonchev–Trinajstić information content (AvgIpc) is 3.43. The number of amides is 1. The van der Waals surface area contributed by atoms with Crippen LogP contribution in [0.2, 0.25) is 5.02 Å². The molecule has 2 aromatic carbocycles. The molecule has 0 bridgehead atoms. The van der Waals surface area contributed by atoms with Crippen molar-refractivity contribution in [2.45, 2.75) is 0 Å². The predicted octanol–water partition coefficient (Wildman–Crippen LogP) is 5.52. The molecular weight excluding hydrogens is 413 g/mol. The first kappa shape index (κ1) is 17.8. The van der Waals surface area contributed by atoms with Crippen molar-refractivity contribution in [3.8, 4) is 0 Å². The first-order chi connectivity index (χ1) is 14.1. The summed E-state index contributed by atoms with van der Waals surface area (Å²) in [5, 5.41) is 0.370. The summed E-state index contributed by atoms with van der Waals surface area (Å²) in [6.07, 6.45) is 3.10. The average molecular weight is 424 g/mol. The maximum atomic E-state index is 13.9. The molecule has 0 unspecified atom stereocenters. The summed E-state index contributed by atoms with van der Waals surface area (Å²) >= 11 is 7.07. The summed E-state index contributed by atoms with van der Waals surface area (Å²) in [6.45, 7) is 0. The van der Waals surface area contributed by atoms with Crippen LogP contribution >= 0.6 is 22.9 Å². The number of thiazole rings is 1. The van der Waals surface area contributed by atoms with Gasteiger partial charge in [-0.1, -0.05) is 53.3 Å². The molecule has 0 fully saturated rings. The molecule has 0 spiro atoms. The van der Waals surface area contributed by atoms with E-state index in [4.69, 9.17) is 16.0 Å². The number of fused-ring (bicyclic) bond motifs is 1. The number of hydrogen-bond donors (Lipinski definition) is 0. The summed E-state index contributed by atoms with van der Waals surface area (Å²) in [7, 11) is 0. The van der Waals surface area contributed by atoms with Crippen molar-refractivity contribution in [2.75, 3.05) is 4.90 Å². The molecule has 142 valence electrons. The van der Waals surface area contributed by atoms with E-state index in [0.29, 0.717) is 26.9 Å². The van der Waals surface area contributed by atoms with E-state index in [1.807, 2.05) is 30.3 Å². The molecule has 1 aliphatic rings. The highest BCUT2D eigenvalue weighted by molar-refractivity contribution is 7.22. The van der Waals surface area contributed by atoms with E-state index in [2.05, 4.69) is 9.98 Å². The van der Waals surface area contributed by atoms with Gasteiger partial charge in [-0.25, -0.2) is 19.3 Å². The van der Waals surface area contributed by atoms with Gasteiger partial charge in [-0.15, -0.1) is 0 Å². The standard InChI is InChI=1S/C21H11ClFN3O2S/c22-14-10-16-18(11-15(14)23)29-21(25-16)26-19(12-5-2-1-3-6-12)24-17(20(26)27)9-13-7-4-8-28-13/h1-11H. The molecule has 1 amide bonds. The number of carbonyl (C=O) groups is 1. The summed E-state index contributed by atoms with van der Waals surface area (Å²) in [5.41, 5.74) is 1.49. The van der Waals surface area contributed by atoms with Crippen molar-refractivity contribution < 1.29 is 13.6 Å². The molecule has 29 heavy (non-hydrogen) atoms. The van der Waals surface area contributed by atoms with Crippen LogP contribution in [0.5, 0.6) is 0 Å². The monoisotopic (exact) mass is 423 g/mol. The number of benzene rings is 2. The lowest BCUT2D eigenvalue weighted by atomic mass is 10.2. The second kappa shape index (κ2) is 6.95. The van der Waals surface area contributed by atoms with Crippen LogP contribution in [0.3, 0.4) is 0 Å². The maximum absolute atomic E-state index is 13.9. The lowest BCUT2D eigenvalue weighted by Gasteiger charge is -2.14. The van der Waals surface area contributed by atoms with E-state index in [0.717, 1.165) is 5.56 Å². The van der Waals surface area contributed by atoms with Crippen LogP contribution < -0.4 is 4.90 Å². The molecular formula is C21H11ClFN3O2S. The number of aliphatic imine (C=N–C) groups is 1. The Hall–Kier alpha value is -3.29. The highest BCUT2D eigenvalue weighted by Crippen LogP contribution is 2.35. The minimum absolute atomic E-state index is 0.0162. The number of halogens is 2. The molecule has 1 aliphatic heterocycles. The van der Waals surface area contributed by atoms with E-state index >= 15 is 0 Å². The largest absolute Gasteiger partial charge is 0.465 e. The molecule has 0 saturated heterocycles. The Labute approximate surface area is 173 Å². The Bertz CT molecular complexity index is 1260. The van der Waals surface area contributed by atoms with Gasteiger partial charge in [-0.3, -0.25) is 4.79 Å². The van der Waals surface area contributed by atoms with Crippen LogP contribution in [0.25, 0.3) is 16.3 Å². The number of rotatable bonds is 3. The van der Waals surface area contributed by atoms with Crippen LogP contribution in [0.15, 0.2) is 76.0 Å². The van der Waals surface area contributed by atoms with Crippen molar-refractivity contribution in [3.05, 3.63) is 88.7 Å². The van der Waals surface area contributed by atoms with Crippen LogP contribution in [-0.4, -0.2) is 16.7 Å². The lowest BCUT2D eigenvalue weighted by Crippen LogP contribution is -2.32. The summed E-state index contributed by atoms with van der Waals surface area (Å²) < 4.78 is 19.8. The van der Waals surface area contributed by atoms with Crippen molar-refractivity contribution in [3.63, 3.8) is 0 Å². The minimum atomic E-state index is -0.530. The zero-order chi connectivity index (χ0) is 20.0. The number of nitrogens with zero attached hydrogens (tertiary/aromatic N) is 3. The molecule has 0 atom stereocenters. The van der Waals surface area contributed by atoms with E-state index < -0.39 is 5.82 Å². The van der Waals surface area contributed by atoms with Gasteiger partial charge in [0.15, 0.2) is 5.13 Å². The van der Waals surface area contributed by atoms with Gasteiger partial charge >= 0.3 is 0 Å². The lowest BCUT2D eigenvalue weighted by molar-refractivity contribution is -0.113.